The Morgan fingerprint density at radius 3 is 3.07 bits per heavy atom. The van der Waals surface area contributed by atoms with E-state index in [9.17, 15) is 4.79 Å². The summed E-state index contributed by atoms with van der Waals surface area (Å²) in [6.45, 7) is 0.0762. The molecule has 0 saturated carbocycles. The summed E-state index contributed by atoms with van der Waals surface area (Å²) >= 11 is 1.34. The molecule has 0 radical (unpaired) electrons. The van der Waals surface area contributed by atoms with Crippen LogP contribution >= 0.6 is 11.3 Å². The van der Waals surface area contributed by atoms with Gasteiger partial charge in [0.25, 0.3) is 5.91 Å². The lowest BCUT2D eigenvalue weighted by atomic mass is 10.4. The molecule has 1 amide bonds. The molecule has 76 valence electrons. The fraction of sp³-hybridized carbons (Fsp3) is 0.286. The minimum atomic E-state index is -0.252. The predicted octanol–water partition coefficient (Wildman–Crippen LogP) is -0.0385. The zero-order chi connectivity index (χ0) is 10.6. The lowest BCUT2D eigenvalue weighted by molar-refractivity contribution is 0.0809. The number of rotatable bonds is 3. The molecule has 0 spiro atoms. The minimum absolute atomic E-state index is 0.0175. The van der Waals surface area contributed by atoms with Crippen molar-refractivity contribution in [1.29, 1.82) is 0 Å². The number of hydrogen-bond acceptors (Lipinski definition) is 5. The van der Waals surface area contributed by atoms with E-state index in [0.29, 0.717) is 5.69 Å². The Labute approximate surface area is 84.7 Å². The maximum Gasteiger partial charge on any atom is 0.273 e. The van der Waals surface area contributed by atoms with Gasteiger partial charge in [0.15, 0.2) is 5.84 Å². The zero-order valence-corrected chi connectivity index (χ0v) is 8.36. The molecule has 0 aliphatic rings. The first-order valence-electron chi connectivity index (χ1n) is 3.75. The topological polar surface area (TPSA) is 91.8 Å². The van der Waals surface area contributed by atoms with E-state index in [0.717, 1.165) is 0 Å². The van der Waals surface area contributed by atoms with Gasteiger partial charge in [-0.1, -0.05) is 5.16 Å². The number of amidine groups is 1. The summed E-state index contributed by atoms with van der Waals surface area (Å²) < 4.78 is 0. The van der Waals surface area contributed by atoms with Crippen LogP contribution in [0.25, 0.3) is 0 Å². The minimum Gasteiger partial charge on any atom is -0.409 e. The summed E-state index contributed by atoms with van der Waals surface area (Å²) in [6, 6.07) is 0. The van der Waals surface area contributed by atoms with Crippen molar-refractivity contribution in [3.05, 3.63) is 16.6 Å². The molecule has 3 N–H and O–H groups in total. The van der Waals surface area contributed by atoms with Gasteiger partial charge >= 0.3 is 0 Å². The Morgan fingerprint density at radius 1 is 1.86 bits per heavy atom. The summed E-state index contributed by atoms with van der Waals surface area (Å²) in [5.74, 6) is -0.270. The van der Waals surface area contributed by atoms with Crippen molar-refractivity contribution in [2.45, 2.75) is 0 Å². The van der Waals surface area contributed by atoms with Gasteiger partial charge in [-0.3, -0.25) is 4.79 Å². The van der Waals surface area contributed by atoms with Crippen LogP contribution in [-0.2, 0) is 0 Å². The second kappa shape index (κ2) is 4.56. The first kappa shape index (κ1) is 10.5. The number of nitrogens with zero attached hydrogens (tertiary/aromatic N) is 3. The molecule has 0 aromatic carbocycles. The Bertz CT molecular complexity index is 335. The molecule has 1 rings (SSSR count). The Balaban J connectivity index is 2.62. The van der Waals surface area contributed by atoms with E-state index in [1.807, 2.05) is 0 Å². The van der Waals surface area contributed by atoms with E-state index in [1.165, 1.54) is 16.2 Å². The van der Waals surface area contributed by atoms with E-state index >= 15 is 0 Å². The molecule has 6 nitrogen and oxygen atoms in total. The molecule has 0 unspecified atom stereocenters. The van der Waals surface area contributed by atoms with Crippen molar-refractivity contribution < 1.29 is 10.0 Å². The van der Waals surface area contributed by atoms with Gasteiger partial charge in [0.05, 0.1) is 12.1 Å². The second-order valence-corrected chi connectivity index (χ2v) is 3.34. The molecule has 7 heteroatoms. The van der Waals surface area contributed by atoms with Crippen molar-refractivity contribution in [2.75, 3.05) is 13.6 Å². The highest BCUT2D eigenvalue weighted by atomic mass is 32.1. The van der Waals surface area contributed by atoms with E-state index in [1.54, 1.807) is 17.9 Å². The molecular formula is C7H10N4O2S. The average molecular weight is 214 g/mol. The highest BCUT2D eigenvalue weighted by Gasteiger charge is 2.14. The predicted molar refractivity (Wildman–Crippen MR) is 52.5 cm³/mol. The highest BCUT2D eigenvalue weighted by molar-refractivity contribution is 7.07. The van der Waals surface area contributed by atoms with Crippen molar-refractivity contribution >= 4 is 23.1 Å². The Hall–Kier alpha value is -1.63. The molecule has 1 heterocycles. The first-order valence-corrected chi connectivity index (χ1v) is 4.69. The van der Waals surface area contributed by atoms with E-state index in [-0.39, 0.29) is 18.3 Å². The van der Waals surface area contributed by atoms with Gasteiger partial charge in [0, 0.05) is 12.4 Å². The standard InChI is InChI=1S/C7H10N4O2S/c1-11(2-6(8)10-13)7(12)5-3-14-4-9-5/h3-4,13H,2H2,1H3,(H2,8,10). The van der Waals surface area contributed by atoms with Gasteiger partial charge in [-0.15, -0.1) is 11.3 Å². The van der Waals surface area contributed by atoms with Gasteiger partial charge < -0.3 is 15.8 Å². The van der Waals surface area contributed by atoms with Gasteiger partial charge in [-0.2, -0.15) is 0 Å². The fourth-order valence-electron chi connectivity index (χ4n) is 0.860. The molecule has 0 bridgehead atoms. The third-order valence-electron chi connectivity index (χ3n) is 1.53. The van der Waals surface area contributed by atoms with Crippen molar-refractivity contribution in [1.82, 2.24) is 9.88 Å². The zero-order valence-electron chi connectivity index (χ0n) is 7.54. The monoisotopic (exact) mass is 214 g/mol. The lowest BCUT2D eigenvalue weighted by Gasteiger charge is -2.14. The lowest BCUT2D eigenvalue weighted by Crippen LogP contribution is -2.35. The fourth-order valence-corrected chi connectivity index (χ4v) is 1.39. The summed E-state index contributed by atoms with van der Waals surface area (Å²) in [7, 11) is 1.56. The number of amides is 1. The quantitative estimate of drug-likeness (QED) is 0.319. The first-order chi connectivity index (χ1) is 6.65. The summed E-state index contributed by atoms with van der Waals surface area (Å²) in [5.41, 5.74) is 7.19. The molecular weight excluding hydrogens is 204 g/mol. The third kappa shape index (κ3) is 2.43. The second-order valence-electron chi connectivity index (χ2n) is 2.63. The van der Waals surface area contributed by atoms with Gasteiger partial charge in [-0.05, 0) is 0 Å². The molecule has 0 atom stereocenters. The number of nitrogens with two attached hydrogens (primary N) is 1. The summed E-state index contributed by atoms with van der Waals surface area (Å²) in [5, 5.41) is 12.7. The van der Waals surface area contributed by atoms with Crippen LogP contribution in [0.2, 0.25) is 0 Å². The SMILES string of the molecule is CN(CC(N)=NO)C(=O)c1cscn1. The maximum atomic E-state index is 11.5. The Morgan fingerprint density at radius 2 is 2.57 bits per heavy atom. The van der Waals surface area contributed by atoms with Crippen molar-refractivity contribution in [3.63, 3.8) is 0 Å². The summed E-state index contributed by atoms with van der Waals surface area (Å²) in [4.78, 5) is 16.7. The number of oxime groups is 1. The Kier molecular flexibility index (Phi) is 3.41. The van der Waals surface area contributed by atoms with Crippen LogP contribution < -0.4 is 5.73 Å². The largest absolute Gasteiger partial charge is 0.409 e. The van der Waals surface area contributed by atoms with Gasteiger partial charge in [0.1, 0.15) is 5.69 Å². The average Bonchev–Trinajstić information content (AvgIpc) is 2.69. The molecule has 1 aromatic rings. The van der Waals surface area contributed by atoms with Crippen molar-refractivity contribution in [2.24, 2.45) is 10.9 Å². The molecule has 0 aliphatic heterocycles. The van der Waals surface area contributed by atoms with Gasteiger partial charge in [0.2, 0.25) is 0 Å². The van der Waals surface area contributed by atoms with Crippen molar-refractivity contribution in [3.8, 4) is 0 Å². The van der Waals surface area contributed by atoms with Crippen LogP contribution in [0.3, 0.4) is 0 Å². The summed E-state index contributed by atoms with van der Waals surface area (Å²) in [6.07, 6.45) is 0. The molecule has 0 saturated heterocycles. The molecule has 0 fully saturated rings. The third-order valence-corrected chi connectivity index (χ3v) is 2.11. The number of hydrogen-bond donors (Lipinski definition) is 2. The normalized spacial score (nSPS) is 11.4. The van der Waals surface area contributed by atoms with E-state index < -0.39 is 0 Å². The van der Waals surface area contributed by atoms with E-state index in [2.05, 4.69) is 10.1 Å². The number of thiazole rings is 1. The smallest absolute Gasteiger partial charge is 0.273 e. The number of likely N-dealkylation sites (N-methyl/N-ethyl adjacent to an activating group) is 1. The highest BCUT2D eigenvalue weighted by Crippen LogP contribution is 2.03. The molecule has 1 aromatic heterocycles. The molecule has 0 aliphatic carbocycles. The van der Waals surface area contributed by atoms with Crippen LogP contribution in [-0.4, -0.2) is 40.4 Å². The van der Waals surface area contributed by atoms with Gasteiger partial charge in [-0.25, -0.2) is 4.98 Å². The van der Waals surface area contributed by atoms with Crippen LogP contribution in [0.4, 0.5) is 0 Å². The van der Waals surface area contributed by atoms with Crippen LogP contribution in [0.5, 0.6) is 0 Å². The van der Waals surface area contributed by atoms with Crippen LogP contribution in [0.15, 0.2) is 16.0 Å². The number of carbonyl (C=O) groups is 1. The maximum absolute atomic E-state index is 11.5. The van der Waals surface area contributed by atoms with Crippen LogP contribution in [0.1, 0.15) is 10.5 Å². The molecule has 14 heavy (non-hydrogen) atoms. The van der Waals surface area contributed by atoms with E-state index in [4.69, 9.17) is 10.9 Å². The van der Waals surface area contributed by atoms with Crippen LogP contribution in [0, 0.1) is 0 Å². The number of carbonyl (C=O) groups excluding carboxylic acids is 1. The number of aromatic nitrogens is 1.